The standard InChI is InChI=1S/C21H40O3/c1-4-11-20(2,3)12-7-5-9-19(23)10-6-8-13-21(14-15-21)16-17-24-18-22/h18-19,23H,4-17H2,1-3H3. The second kappa shape index (κ2) is 11.1. The molecule has 0 saturated heterocycles. The van der Waals surface area contributed by atoms with Gasteiger partial charge in [0.1, 0.15) is 0 Å². The Morgan fingerprint density at radius 2 is 1.75 bits per heavy atom. The molecule has 1 unspecified atom stereocenters. The minimum absolute atomic E-state index is 0.118. The van der Waals surface area contributed by atoms with Gasteiger partial charge in [0, 0.05) is 0 Å². The minimum Gasteiger partial charge on any atom is -0.468 e. The molecule has 142 valence electrons. The van der Waals surface area contributed by atoms with Crippen LogP contribution in [0.5, 0.6) is 0 Å². The predicted molar refractivity (Wildman–Crippen MR) is 99.9 cm³/mol. The highest BCUT2D eigenvalue weighted by Crippen LogP contribution is 2.52. The Kier molecular flexibility index (Phi) is 9.95. The Morgan fingerprint density at radius 1 is 1.08 bits per heavy atom. The van der Waals surface area contributed by atoms with E-state index in [-0.39, 0.29) is 6.10 Å². The van der Waals surface area contributed by atoms with Gasteiger partial charge in [0.15, 0.2) is 0 Å². The molecule has 1 N–H and O–H groups in total. The highest BCUT2D eigenvalue weighted by Gasteiger charge is 2.41. The molecule has 0 radical (unpaired) electrons. The Labute approximate surface area is 149 Å². The maximum absolute atomic E-state index is 10.2. The SMILES string of the molecule is CCCC(C)(C)CCCCC(O)CCCCC1(CCOC=O)CC1. The van der Waals surface area contributed by atoms with Gasteiger partial charge in [-0.15, -0.1) is 0 Å². The van der Waals surface area contributed by atoms with E-state index in [0.717, 1.165) is 32.1 Å². The molecule has 1 rings (SSSR count). The fraction of sp³-hybridized carbons (Fsp3) is 0.952. The summed E-state index contributed by atoms with van der Waals surface area (Å²) < 4.78 is 4.83. The monoisotopic (exact) mass is 340 g/mol. The van der Waals surface area contributed by atoms with Gasteiger partial charge in [0.2, 0.25) is 0 Å². The maximum atomic E-state index is 10.2. The summed E-state index contributed by atoms with van der Waals surface area (Å²) in [5.74, 6) is 0. The normalized spacial score (nSPS) is 17.5. The van der Waals surface area contributed by atoms with Gasteiger partial charge in [-0.2, -0.15) is 0 Å². The van der Waals surface area contributed by atoms with Crippen molar-refractivity contribution in [3.8, 4) is 0 Å². The molecule has 0 aliphatic heterocycles. The van der Waals surface area contributed by atoms with E-state index in [1.165, 1.54) is 51.4 Å². The van der Waals surface area contributed by atoms with Gasteiger partial charge in [-0.3, -0.25) is 4.79 Å². The molecule has 1 aliphatic carbocycles. The second-order valence-electron chi connectivity index (χ2n) is 8.78. The smallest absolute Gasteiger partial charge is 0.293 e. The quantitative estimate of drug-likeness (QED) is 0.292. The molecule has 1 atom stereocenters. The third kappa shape index (κ3) is 9.66. The van der Waals surface area contributed by atoms with Gasteiger partial charge in [0.05, 0.1) is 12.7 Å². The van der Waals surface area contributed by atoms with E-state index < -0.39 is 0 Å². The molecule has 0 amide bonds. The Morgan fingerprint density at radius 3 is 2.33 bits per heavy atom. The lowest BCUT2D eigenvalue weighted by Gasteiger charge is -2.24. The molecule has 1 fully saturated rings. The Hall–Kier alpha value is -0.570. The lowest BCUT2D eigenvalue weighted by molar-refractivity contribution is -0.129. The van der Waals surface area contributed by atoms with E-state index in [2.05, 4.69) is 20.8 Å². The van der Waals surface area contributed by atoms with Crippen molar-refractivity contribution in [3.05, 3.63) is 0 Å². The second-order valence-corrected chi connectivity index (χ2v) is 8.78. The molecule has 0 heterocycles. The van der Waals surface area contributed by atoms with Crippen LogP contribution in [0.4, 0.5) is 0 Å². The van der Waals surface area contributed by atoms with Crippen molar-refractivity contribution >= 4 is 6.47 Å². The molecule has 0 aromatic heterocycles. The van der Waals surface area contributed by atoms with Crippen LogP contribution < -0.4 is 0 Å². The van der Waals surface area contributed by atoms with Crippen molar-refractivity contribution in [3.63, 3.8) is 0 Å². The fourth-order valence-corrected chi connectivity index (χ4v) is 3.93. The van der Waals surface area contributed by atoms with Gasteiger partial charge in [-0.05, 0) is 62.2 Å². The Balaban J connectivity index is 1.98. The zero-order valence-electron chi connectivity index (χ0n) is 16.3. The summed E-state index contributed by atoms with van der Waals surface area (Å²) in [5, 5.41) is 10.1. The van der Waals surface area contributed by atoms with Gasteiger partial charge in [-0.1, -0.05) is 52.9 Å². The van der Waals surface area contributed by atoms with E-state index in [9.17, 15) is 9.90 Å². The average Bonchev–Trinajstić information content (AvgIpc) is 3.29. The summed E-state index contributed by atoms with van der Waals surface area (Å²) in [7, 11) is 0. The van der Waals surface area contributed by atoms with Crippen LogP contribution in [0, 0.1) is 10.8 Å². The summed E-state index contributed by atoms with van der Waals surface area (Å²) in [6.07, 6.45) is 15.1. The molecule has 24 heavy (non-hydrogen) atoms. The van der Waals surface area contributed by atoms with Crippen LogP contribution in [-0.2, 0) is 9.53 Å². The molecular formula is C21H40O3. The number of aliphatic hydroxyl groups is 1. The highest BCUT2D eigenvalue weighted by molar-refractivity contribution is 5.36. The first-order valence-corrected chi connectivity index (χ1v) is 10.2. The van der Waals surface area contributed by atoms with E-state index in [4.69, 9.17) is 4.74 Å². The summed E-state index contributed by atoms with van der Waals surface area (Å²) in [5.41, 5.74) is 0.921. The van der Waals surface area contributed by atoms with Gasteiger partial charge < -0.3 is 9.84 Å². The fourth-order valence-electron chi connectivity index (χ4n) is 3.93. The molecule has 3 heteroatoms. The average molecular weight is 341 g/mol. The van der Waals surface area contributed by atoms with Gasteiger partial charge in [-0.25, -0.2) is 0 Å². The van der Waals surface area contributed by atoms with Crippen molar-refractivity contribution in [2.45, 2.75) is 110 Å². The van der Waals surface area contributed by atoms with Crippen LogP contribution in [0.25, 0.3) is 0 Å². The number of rotatable bonds is 16. The van der Waals surface area contributed by atoms with Crippen molar-refractivity contribution < 1.29 is 14.6 Å². The molecule has 1 saturated carbocycles. The molecule has 1 aliphatic rings. The molecule has 0 bridgehead atoms. The first-order valence-electron chi connectivity index (χ1n) is 10.2. The van der Waals surface area contributed by atoms with Crippen molar-refractivity contribution in [1.82, 2.24) is 0 Å². The number of aliphatic hydroxyl groups excluding tert-OH is 1. The summed E-state index contributed by atoms with van der Waals surface area (Å²) in [6.45, 7) is 8.10. The number of ether oxygens (including phenoxy) is 1. The molecule has 0 spiro atoms. The zero-order chi connectivity index (χ0) is 17.9. The predicted octanol–water partition coefficient (Wildman–Crippen LogP) is 5.64. The van der Waals surface area contributed by atoms with Crippen LogP contribution in [0.2, 0.25) is 0 Å². The topological polar surface area (TPSA) is 46.5 Å². The minimum atomic E-state index is -0.118. The summed E-state index contributed by atoms with van der Waals surface area (Å²) >= 11 is 0. The highest BCUT2D eigenvalue weighted by atomic mass is 16.5. The lowest BCUT2D eigenvalue weighted by atomic mass is 9.82. The van der Waals surface area contributed by atoms with Crippen molar-refractivity contribution in [2.75, 3.05) is 6.61 Å². The van der Waals surface area contributed by atoms with E-state index in [0.29, 0.717) is 23.9 Å². The van der Waals surface area contributed by atoms with E-state index in [1.807, 2.05) is 0 Å². The van der Waals surface area contributed by atoms with Crippen LogP contribution in [-0.4, -0.2) is 24.3 Å². The Bertz CT molecular complexity index is 334. The number of hydrogen-bond donors (Lipinski definition) is 1. The van der Waals surface area contributed by atoms with Crippen molar-refractivity contribution in [2.24, 2.45) is 10.8 Å². The number of carbonyl (C=O) groups excluding carboxylic acids is 1. The maximum Gasteiger partial charge on any atom is 0.293 e. The third-order valence-electron chi connectivity index (χ3n) is 5.84. The van der Waals surface area contributed by atoms with Crippen LogP contribution >= 0.6 is 0 Å². The lowest BCUT2D eigenvalue weighted by Crippen LogP contribution is -2.12. The molecular weight excluding hydrogens is 300 g/mol. The first-order chi connectivity index (χ1) is 11.4. The van der Waals surface area contributed by atoms with Gasteiger partial charge >= 0.3 is 0 Å². The molecule has 3 nitrogen and oxygen atoms in total. The van der Waals surface area contributed by atoms with Crippen LogP contribution in [0.3, 0.4) is 0 Å². The van der Waals surface area contributed by atoms with E-state index in [1.54, 1.807) is 0 Å². The number of hydrogen-bond acceptors (Lipinski definition) is 3. The largest absolute Gasteiger partial charge is 0.468 e. The number of unbranched alkanes of at least 4 members (excludes halogenated alkanes) is 2. The molecule has 0 aromatic carbocycles. The van der Waals surface area contributed by atoms with Crippen molar-refractivity contribution in [1.29, 1.82) is 0 Å². The zero-order valence-corrected chi connectivity index (χ0v) is 16.3. The third-order valence-corrected chi connectivity index (χ3v) is 5.84. The van der Waals surface area contributed by atoms with Gasteiger partial charge in [0.25, 0.3) is 6.47 Å². The summed E-state index contributed by atoms with van der Waals surface area (Å²) in [4.78, 5) is 10.2. The number of carbonyl (C=O) groups is 1. The molecule has 0 aromatic rings. The summed E-state index contributed by atoms with van der Waals surface area (Å²) in [6, 6.07) is 0. The van der Waals surface area contributed by atoms with E-state index >= 15 is 0 Å². The van der Waals surface area contributed by atoms with Crippen LogP contribution in [0.15, 0.2) is 0 Å². The van der Waals surface area contributed by atoms with Crippen LogP contribution in [0.1, 0.15) is 104 Å². The first kappa shape index (κ1) is 21.5.